The number of nitrogens with two attached hydrogens (primary N) is 1. The first-order valence-electron chi connectivity index (χ1n) is 9.95. The third-order valence-corrected chi connectivity index (χ3v) is 7.16. The quantitative estimate of drug-likeness (QED) is 0.719. The van der Waals surface area contributed by atoms with Gasteiger partial charge in [0.2, 0.25) is 0 Å². The number of esters is 1. The lowest BCUT2D eigenvalue weighted by atomic mass is 9.56. The van der Waals surface area contributed by atoms with Crippen LogP contribution in [0.25, 0.3) is 10.9 Å². The van der Waals surface area contributed by atoms with E-state index in [0.717, 1.165) is 60.9 Å². The number of H-pyrrole nitrogens is 1. The van der Waals surface area contributed by atoms with Gasteiger partial charge in [0.1, 0.15) is 11.2 Å². The Morgan fingerprint density at radius 3 is 3.11 bits per heavy atom. The summed E-state index contributed by atoms with van der Waals surface area (Å²) in [6, 6.07) is 5.54. The third-order valence-electron chi connectivity index (χ3n) is 7.16. The molecule has 1 aromatic carbocycles. The fourth-order valence-corrected chi connectivity index (χ4v) is 6.40. The molecule has 27 heavy (non-hydrogen) atoms. The molecule has 3 fully saturated rings. The second-order valence-electron chi connectivity index (χ2n) is 8.50. The minimum absolute atomic E-state index is 0.126. The summed E-state index contributed by atoms with van der Waals surface area (Å²) < 4.78 is 5.41. The Bertz CT molecular complexity index is 907. The zero-order chi connectivity index (χ0) is 18.8. The molecule has 4 heterocycles. The van der Waals surface area contributed by atoms with Crippen LogP contribution in [0.2, 0.25) is 0 Å². The molecular weight excluding hydrogens is 342 g/mol. The summed E-state index contributed by atoms with van der Waals surface area (Å²) >= 11 is 0. The van der Waals surface area contributed by atoms with Gasteiger partial charge in [-0.15, -0.1) is 0 Å². The number of fused-ring (bicyclic) bond motifs is 4. The minimum Gasteiger partial charge on any atom is -0.508 e. The number of phenols is 1. The number of nitrogens with one attached hydrogen (secondary N) is 1. The normalized spacial score (nSPS) is 34.3. The van der Waals surface area contributed by atoms with Crippen LogP contribution in [0.1, 0.15) is 30.5 Å². The van der Waals surface area contributed by atoms with Crippen LogP contribution in [0.5, 0.6) is 5.75 Å². The van der Waals surface area contributed by atoms with Crippen molar-refractivity contribution in [1.82, 2.24) is 9.88 Å². The molecule has 5 atom stereocenters. The van der Waals surface area contributed by atoms with Crippen LogP contribution in [0.3, 0.4) is 0 Å². The summed E-state index contributed by atoms with van der Waals surface area (Å²) in [5, 5.41) is 11.0. The predicted molar refractivity (Wildman–Crippen MR) is 103 cm³/mol. The molecule has 0 radical (unpaired) electrons. The Kier molecular flexibility index (Phi) is 3.78. The summed E-state index contributed by atoms with van der Waals surface area (Å²) in [5.74, 6) is 1.01. The molecule has 1 aliphatic carbocycles. The maximum atomic E-state index is 13.3. The molecule has 5 unspecified atom stereocenters. The molecule has 1 aromatic heterocycles. The minimum atomic E-state index is -0.670. The molecule has 1 saturated carbocycles. The standard InChI is InChI=1S/C21H27N3O3/c1-27-20(26)21-10-12-8-13(4-6-22)19(21)24(11-12)7-5-15-16-9-14(25)2-3-17(16)23-18(15)21/h2-3,9,12-13,19,23,25H,4-8,10-11,22H2,1H3. The second kappa shape index (κ2) is 5.97. The van der Waals surface area contributed by atoms with Crippen LogP contribution in [-0.4, -0.2) is 53.7 Å². The van der Waals surface area contributed by atoms with Gasteiger partial charge >= 0.3 is 5.97 Å². The lowest BCUT2D eigenvalue weighted by Gasteiger charge is -2.58. The molecule has 4 bridgehead atoms. The number of carbonyl (C=O) groups excluding carboxylic acids is 1. The third kappa shape index (κ3) is 2.23. The van der Waals surface area contributed by atoms with E-state index >= 15 is 0 Å². The van der Waals surface area contributed by atoms with Gasteiger partial charge in [-0.2, -0.15) is 0 Å². The number of aromatic hydroxyl groups is 1. The van der Waals surface area contributed by atoms with E-state index < -0.39 is 5.41 Å². The van der Waals surface area contributed by atoms with Crippen molar-refractivity contribution in [3.8, 4) is 5.75 Å². The first kappa shape index (κ1) is 17.1. The Balaban J connectivity index is 1.77. The summed E-state index contributed by atoms with van der Waals surface area (Å²) in [5.41, 5.74) is 8.41. The molecule has 0 spiro atoms. The smallest absolute Gasteiger partial charge is 0.319 e. The molecule has 0 amide bonds. The number of hydrogen-bond acceptors (Lipinski definition) is 5. The number of aromatic nitrogens is 1. The van der Waals surface area contributed by atoms with Gasteiger partial charge < -0.3 is 20.6 Å². The molecule has 6 heteroatoms. The second-order valence-corrected chi connectivity index (χ2v) is 8.50. The fraction of sp³-hybridized carbons (Fsp3) is 0.571. The molecule has 144 valence electrons. The van der Waals surface area contributed by atoms with E-state index in [4.69, 9.17) is 10.5 Å². The Morgan fingerprint density at radius 2 is 2.33 bits per heavy atom. The Morgan fingerprint density at radius 1 is 1.48 bits per heavy atom. The van der Waals surface area contributed by atoms with Crippen molar-refractivity contribution >= 4 is 16.9 Å². The van der Waals surface area contributed by atoms with Crippen molar-refractivity contribution in [1.29, 1.82) is 0 Å². The van der Waals surface area contributed by atoms with Gasteiger partial charge in [-0.1, -0.05) is 0 Å². The van der Waals surface area contributed by atoms with E-state index in [1.165, 1.54) is 7.11 Å². The zero-order valence-corrected chi connectivity index (χ0v) is 15.7. The Labute approximate surface area is 158 Å². The number of carbonyl (C=O) groups is 1. The van der Waals surface area contributed by atoms with Crippen molar-refractivity contribution in [3.63, 3.8) is 0 Å². The van der Waals surface area contributed by atoms with Gasteiger partial charge in [0.25, 0.3) is 0 Å². The van der Waals surface area contributed by atoms with Crippen LogP contribution in [-0.2, 0) is 21.4 Å². The van der Waals surface area contributed by atoms with E-state index in [9.17, 15) is 9.90 Å². The highest BCUT2D eigenvalue weighted by Gasteiger charge is 2.62. The lowest BCUT2D eigenvalue weighted by Crippen LogP contribution is -2.67. The number of phenolic OH excluding ortho intramolecular Hbond substituents is 1. The molecule has 2 aromatic rings. The lowest BCUT2D eigenvalue weighted by molar-refractivity contribution is -0.162. The monoisotopic (exact) mass is 369 g/mol. The zero-order valence-electron chi connectivity index (χ0n) is 15.7. The van der Waals surface area contributed by atoms with E-state index in [1.54, 1.807) is 6.07 Å². The number of hydrogen-bond donors (Lipinski definition) is 3. The average Bonchev–Trinajstić information content (AvgIpc) is 2.99. The molecule has 6 nitrogen and oxygen atoms in total. The van der Waals surface area contributed by atoms with Crippen molar-refractivity contribution in [2.24, 2.45) is 17.6 Å². The highest BCUT2D eigenvalue weighted by Crippen LogP contribution is 2.55. The van der Waals surface area contributed by atoms with E-state index in [2.05, 4.69) is 9.88 Å². The largest absolute Gasteiger partial charge is 0.508 e. The highest BCUT2D eigenvalue weighted by molar-refractivity contribution is 5.92. The van der Waals surface area contributed by atoms with Crippen LogP contribution >= 0.6 is 0 Å². The van der Waals surface area contributed by atoms with Gasteiger partial charge in [0.15, 0.2) is 0 Å². The molecule has 6 rings (SSSR count). The maximum Gasteiger partial charge on any atom is 0.319 e. The molecular formula is C21H27N3O3. The van der Waals surface area contributed by atoms with Crippen LogP contribution < -0.4 is 5.73 Å². The van der Waals surface area contributed by atoms with Crippen LogP contribution in [0.15, 0.2) is 18.2 Å². The molecule has 4 N–H and O–H groups in total. The van der Waals surface area contributed by atoms with Crippen molar-refractivity contribution < 1.29 is 14.6 Å². The predicted octanol–water partition coefficient (Wildman–Crippen LogP) is 1.90. The number of ether oxygens (including phenoxy) is 1. The molecule has 3 aliphatic heterocycles. The summed E-state index contributed by atoms with van der Waals surface area (Å²) in [7, 11) is 1.50. The van der Waals surface area contributed by atoms with E-state index in [1.807, 2.05) is 12.1 Å². The number of methoxy groups -OCH3 is 1. The number of rotatable bonds is 3. The van der Waals surface area contributed by atoms with E-state index in [0.29, 0.717) is 18.4 Å². The fourth-order valence-electron chi connectivity index (χ4n) is 6.40. The molecule has 2 saturated heterocycles. The first-order valence-corrected chi connectivity index (χ1v) is 9.95. The molecule has 4 aliphatic rings. The van der Waals surface area contributed by atoms with Gasteiger partial charge in [0, 0.05) is 35.7 Å². The number of aromatic amines is 1. The Hall–Kier alpha value is -2.05. The van der Waals surface area contributed by atoms with Gasteiger partial charge in [0.05, 0.1) is 7.11 Å². The number of benzene rings is 1. The van der Waals surface area contributed by atoms with Crippen LogP contribution in [0, 0.1) is 11.8 Å². The van der Waals surface area contributed by atoms with Gasteiger partial charge in [-0.05, 0) is 67.8 Å². The summed E-state index contributed by atoms with van der Waals surface area (Å²) in [6.45, 7) is 2.63. The number of piperidine rings is 2. The van der Waals surface area contributed by atoms with Crippen molar-refractivity contribution in [3.05, 3.63) is 29.5 Å². The highest BCUT2D eigenvalue weighted by atomic mass is 16.5. The first-order chi connectivity index (χ1) is 13.1. The summed E-state index contributed by atoms with van der Waals surface area (Å²) in [4.78, 5) is 19.4. The van der Waals surface area contributed by atoms with Crippen molar-refractivity contribution in [2.45, 2.75) is 37.1 Å². The van der Waals surface area contributed by atoms with E-state index in [-0.39, 0.29) is 17.8 Å². The topological polar surface area (TPSA) is 91.6 Å². The SMILES string of the molecule is COC(=O)C12CC3CC(CCN)C1N(CCc1c2[nH]c2ccc(O)cc12)C3. The number of nitrogens with zero attached hydrogens (tertiary/aromatic N) is 1. The van der Waals surface area contributed by atoms with Gasteiger partial charge in [-0.25, -0.2) is 0 Å². The van der Waals surface area contributed by atoms with Crippen LogP contribution in [0.4, 0.5) is 0 Å². The summed E-state index contributed by atoms with van der Waals surface area (Å²) in [6.07, 6.45) is 3.78. The van der Waals surface area contributed by atoms with Crippen molar-refractivity contribution in [2.75, 3.05) is 26.7 Å². The van der Waals surface area contributed by atoms with Gasteiger partial charge in [-0.3, -0.25) is 9.69 Å². The average molecular weight is 369 g/mol. The maximum absolute atomic E-state index is 13.3.